The maximum Gasteiger partial charge on any atom is 0.160 e. The van der Waals surface area contributed by atoms with Crippen LogP contribution in [0.1, 0.15) is 0 Å². The molecule has 0 amide bonds. The number of aromatic nitrogens is 3. The SMILES string of the molecule is c1ccc(-c2nc(-c3ccc(-n4c5ccccc5c5cc6sc7ccccc7c6cc54)cc3)nc3ccccc23)cc1. The molecule has 0 saturated heterocycles. The maximum atomic E-state index is 5.07. The van der Waals surface area contributed by atoms with E-state index in [1.807, 2.05) is 29.5 Å². The second kappa shape index (κ2) is 9.10. The monoisotopic (exact) mass is 553 g/mol. The summed E-state index contributed by atoms with van der Waals surface area (Å²) in [4.78, 5) is 10.0. The summed E-state index contributed by atoms with van der Waals surface area (Å²) in [6, 6.07) is 49.4. The van der Waals surface area contributed by atoms with Crippen LogP contribution in [0, 0.1) is 0 Å². The molecule has 0 saturated carbocycles. The quantitative estimate of drug-likeness (QED) is 0.218. The zero-order valence-corrected chi connectivity index (χ0v) is 23.3. The van der Waals surface area contributed by atoms with E-state index in [1.54, 1.807) is 0 Å². The number of rotatable bonds is 3. The van der Waals surface area contributed by atoms with Gasteiger partial charge in [0.25, 0.3) is 0 Å². The third kappa shape index (κ3) is 3.52. The fraction of sp³-hybridized carbons (Fsp3) is 0. The average Bonchev–Trinajstić information content (AvgIpc) is 3.58. The predicted octanol–water partition coefficient (Wildman–Crippen LogP) is 10.4. The summed E-state index contributed by atoms with van der Waals surface area (Å²) >= 11 is 1.87. The van der Waals surface area contributed by atoms with Gasteiger partial charge in [0.15, 0.2) is 5.82 Å². The zero-order valence-electron chi connectivity index (χ0n) is 22.5. The number of benzene rings is 6. The zero-order chi connectivity index (χ0) is 27.6. The van der Waals surface area contributed by atoms with Gasteiger partial charge in [-0.05, 0) is 54.6 Å². The van der Waals surface area contributed by atoms with Crippen LogP contribution in [0.3, 0.4) is 0 Å². The van der Waals surface area contributed by atoms with Crippen molar-refractivity contribution in [3.63, 3.8) is 0 Å². The van der Waals surface area contributed by atoms with Crippen LogP contribution in [0.25, 0.3) is 81.2 Å². The van der Waals surface area contributed by atoms with Gasteiger partial charge in [-0.15, -0.1) is 11.3 Å². The molecular formula is C38H23N3S. The molecule has 3 nitrogen and oxygen atoms in total. The van der Waals surface area contributed by atoms with Gasteiger partial charge in [0.05, 0.1) is 22.2 Å². The standard InChI is InChI=1S/C38H23N3S/c1-2-10-24(11-3-1)37-29-14-4-7-15-32(29)39-38(40-37)25-18-20-26(21-19-25)41-33-16-8-5-12-27(33)30-23-36-31(22-34(30)41)28-13-6-9-17-35(28)42-36/h1-23H. The summed E-state index contributed by atoms with van der Waals surface area (Å²) in [6.45, 7) is 0. The Morgan fingerprint density at radius 2 is 1.17 bits per heavy atom. The molecule has 0 N–H and O–H groups in total. The smallest absolute Gasteiger partial charge is 0.160 e. The van der Waals surface area contributed by atoms with E-state index in [0.717, 1.165) is 39.2 Å². The molecule has 0 aliphatic rings. The third-order valence-corrected chi connectivity index (χ3v) is 9.34. The Morgan fingerprint density at radius 1 is 0.452 bits per heavy atom. The summed E-state index contributed by atoms with van der Waals surface area (Å²) in [6.07, 6.45) is 0. The number of nitrogens with zero attached hydrogens (tertiary/aromatic N) is 3. The van der Waals surface area contributed by atoms with Gasteiger partial charge in [0, 0.05) is 53.1 Å². The lowest BCUT2D eigenvalue weighted by Gasteiger charge is -2.11. The first-order valence-corrected chi connectivity index (χ1v) is 14.9. The molecule has 9 aromatic rings. The first-order chi connectivity index (χ1) is 20.8. The largest absolute Gasteiger partial charge is 0.309 e. The highest BCUT2D eigenvalue weighted by molar-refractivity contribution is 7.25. The van der Waals surface area contributed by atoms with Crippen LogP contribution in [0.15, 0.2) is 140 Å². The number of hydrogen-bond donors (Lipinski definition) is 0. The molecule has 3 heterocycles. The molecule has 0 bridgehead atoms. The molecule has 0 fully saturated rings. The lowest BCUT2D eigenvalue weighted by atomic mass is 10.1. The van der Waals surface area contributed by atoms with Crippen LogP contribution in [-0.4, -0.2) is 14.5 Å². The van der Waals surface area contributed by atoms with Crippen molar-refractivity contribution < 1.29 is 0 Å². The molecule has 0 aliphatic carbocycles. The highest BCUT2D eigenvalue weighted by Gasteiger charge is 2.16. The molecule has 0 aliphatic heterocycles. The molecule has 0 atom stereocenters. The Balaban J connectivity index is 1.23. The molecule has 42 heavy (non-hydrogen) atoms. The highest BCUT2D eigenvalue weighted by atomic mass is 32.1. The van der Waals surface area contributed by atoms with E-state index >= 15 is 0 Å². The van der Waals surface area contributed by atoms with Crippen molar-refractivity contribution >= 4 is 64.2 Å². The Bertz CT molecular complexity index is 2450. The fourth-order valence-corrected chi connectivity index (χ4v) is 7.37. The van der Waals surface area contributed by atoms with Gasteiger partial charge in [0.1, 0.15) is 0 Å². The molecule has 9 rings (SSSR count). The van der Waals surface area contributed by atoms with Crippen molar-refractivity contribution in [1.29, 1.82) is 0 Å². The Labute approximate surface area is 246 Å². The molecule has 6 aromatic carbocycles. The molecule has 0 spiro atoms. The van der Waals surface area contributed by atoms with Gasteiger partial charge in [-0.25, -0.2) is 9.97 Å². The molecule has 4 heteroatoms. The van der Waals surface area contributed by atoms with E-state index < -0.39 is 0 Å². The number of thiophene rings is 1. The maximum absolute atomic E-state index is 5.07. The second-order valence-electron chi connectivity index (χ2n) is 10.6. The van der Waals surface area contributed by atoms with Gasteiger partial charge in [-0.3, -0.25) is 0 Å². The fourth-order valence-electron chi connectivity index (χ4n) is 6.25. The van der Waals surface area contributed by atoms with E-state index in [9.17, 15) is 0 Å². The van der Waals surface area contributed by atoms with Gasteiger partial charge in [-0.1, -0.05) is 84.9 Å². The minimum absolute atomic E-state index is 0.729. The molecule has 0 radical (unpaired) electrons. The first-order valence-electron chi connectivity index (χ1n) is 14.1. The van der Waals surface area contributed by atoms with Crippen molar-refractivity contribution in [2.45, 2.75) is 0 Å². The van der Waals surface area contributed by atoms with Crippen LogP contribution in [0.2, 0.25) is 0 Å². The molecule has 196 valence electrons. The number of hydrogen-bond acceptors (Lipinski definition) is 3. The van der Waals surface area contributed by atoms with E-state index in [-0.39, 0.29) is 0 Å². The highest BCUT2D eigenvalue weighted by Crippen LogP contribution is 2.40. The van der Waals surface area contributed by atoms with Crippen molar-refractivity contribution in [2.75, 3.05) is 0 Å². The van der Waals surface area contributed by atoms with Crippen LogP contribution in [0.4, 0.5) is 0 Å². The van der Waals surface area contributed by atoms with Crippen molar-refractivity contribution in [2.24, 2.45) is 0 Å². The van der Waals surface area contributed by atoms with E-state index in [2.05, 4.69) is 126 Å². The molecule has 0 unspecified atom stereocenters. The summed E-state index contributed by atoms with van der Waals surface area (Å²) in [5.41, 5.74) is 7.52. The van der Waals surface area contributed by atoms with Gasteiger partial charge < -0.3 is 4.57 Å². The summed E-state index contributed by atoms with van der Waals surface area (Å²) in [5.74, 6) is 0.729. The molecular weight excluding hydrogens is 531 g/mol. The van der Waals surface area contributed by atoms with E-state index in [4.69, 9.17) is 9.97 Å². The Kier molecular flexibility index (Phi) is 5.07. The average molecular weight is 554 g/mol. The minimum Gasteiger partial charge on any atom is -0.309 e. The van der Waals surface area contributed by atoms with Crippen LogP contribution < -0.4 is 0 Å². The van der Waals surface area contributed by atoms with Crippen molar-refractivity contribution in [1.82, 2.24) is 14.5 Å². The summed E-state index contributed by atoms with van der Waals surface area (Å²) in [5, 5.41) is 6.22. The van der Waals surface area contributed by atoms with Crippen molar-refractivity contribution in [3.05, 3.63) is 140 Å². The lowest BCUT2D eigenvalue weighted by Crippen LogP contribution is -1.97. The van der Waals surface area contributed by atoms with Gasteiger partial charge >= 0.3 is 0 Å². The van der Waals surface area contributed by atoms with Gasteiger partial charge in [0.2, 0.25) is 0 Å². The third-order valence-electron chi connectivity index (χ3n) is 8.21. The Morgan fingerprint density at radius 3 is 2.02 bits per heavy atom. The van der Waals surface area contributed by atoms with E-state index in [1.165, 1.54) is 42.0 Å². The predicted molar refractivity (Wildman–Crippen MR) is 178 cm³/mol. The van der Waals surface area contributed by atoms with Crippen molar-refractivity contribution in [3.8, 4) is 28.3 Å². The van der Waals surface area contributed by atoms with Crippen LogP contribution >= 0.6 is 11.3 Å². The normalized spacial score (nSPS) is 11.8. The molecule has 3 aromatic heterocycles. The first kappa shape index (κ1) is 23.4. The van der Waals surface area contributed by atoms with Crippen LogP contribution in [-0.2, 0) is 0 Å². The van der Waals surface area contributed by atoms with Gasteiger partial charge in [-0.2, -0.15) is 0 Å². The topological polar surface area (TPSA) is 30.7 Å². The van der Waals surface area contributed by atoms with Crippen LogP contribution in [0.5, 0.6) is 0 Å². The summed E-state index contributed by atoms with van der Waals surface area (Å²) in [7, 11) is 0. The minimum atomic E-state index is 0.729. The summed E-state index contributed by atoms with van der Waals surface area (Å²) < 4.78 is 5.03. The second-order valence-corrected chi connectivity index (χ2v) is 11.7. The lowest BCUT2D eigenvalue weighted by molar-refractivity contribution is 1.18. The number of fused-ring (bicyclic) bond motifs is 7. The number of para-hydroxylation sites is 2. The van der Waals surface area contributed by atoms with E-state index in [0.29, 0.717) is 0 Å². The Hall–Kier alpha value is -5.32.